The Morgan fingerprint density at radius 3 is 2.48 bits per heavy atom. The van der Waals surface area contributed by atoms with Gasteiger partial charge < -0.3 is 9.47 Å². The van der Waals surface area contributed by atoms with Gasteiger partial charge in [-0.25, -0.2) is 17.2 Å². The van der Waals surface area contributed by atoms with Crippen molar-refractivity contribution >= 4 is 9.84 Å². The van der Waals surface area contributed by atoms with E-state index in [0.29, 0.717) is 26.1 Å². The summed E-state index contributed by atoms with van der Waals surface area (Å²) in [7, 11) is -4.93. The van der Waals surface area contributed by atoms with Crippen LogP contribution in [0.4, 0.5) is 17.6 Å². The molecule has 23 heavy (non-hydrogen) atoms. The minimum Gasteiger partial charge on any atom is -0.490 e. The van der Waals surface area contributed by atoms with Gasteiger partial charge in [0.2, 0.25) is 9.84 Å². The minimum absolute atomic E-state index is 0.237. The van der Waals surface area contributed by atoms with Gasteiger partial charge in [-0.3, -0.25) is 0 Å². The molecule has 0 unspecified atom stereocenters. The van der Waals surface area contributed by atoms with Crippen molar-refractivity contribution in [1.29, 1.82) is 0 Å². The van der Waals surface area contributed by atoms with Gasteiger partial charge in [-0.05, 0) is 17.7 Å². The molecule has 128 valence electrons. The maximum absolute atomic E-state index is 13.7. The molecule has 0 atom stereocenters. The first kappa shape index (κ1) is 16.5. The standard InChI is InChI=1S/C14H14F4O4S/c15-13(16)12-9-7-14(17,18)23(19,20)11(9)2-1-10(12)22-8-3-5-21-6-4-8/h1-2,8,13H,3-7H2. The molecular weight excluding hydrogens is 340 g/mol. The Labute approximate surface area is 130 Å². The third-order valence-electron chi connectivity index (χ3n) is 4.02. The molecule has 3 rings (SSSR count). The van der Waals surface area contributed by atoms with Crippen LogP contribution in [0, 0.1) is 0 Å². The number of alkyl halides is 4. The molecule has 1 saturated heterocycles. The van der Waals surface area contributed by atoms with Crippen molar-refractivity contribution in [3.63, 3.8) is 0 Å². The molecule has 0 saturated carbocycles. The van der Waals surface area contributed by atoms with Gasteiger partial charge in [0.15, 0.2) is 0 Å². The summed E-state index contributed by atoms with van der Waals surface area (Å²) in [4.78, 5) is -0.739. The highest BCUT2D eigenvalue weighted by atomic mass is 32.2. The summed E-state index contributed by atoms with van der Waals surface area (Å²) in [5.74, 6) is -0.237. The number of halogens is 4. The number of fused-ring (bicyclic) bond motifs is 1. The maximum atomic E-state index is 13.7. The average molecular weight is 354 g/mol. The fourth-order valence-electron chi connectivity index (χ4n) is 2.83. The van der Waals surface area contributed by atoms with E-state index in [4.69, 9.17) is 9.47 Å². The molecule has 2 heterocycles. The number of sulfone groups is 1. The van der Waals surface area contributed by atoms with Crippen molar-refractivity contribution in [1.82, 2.24) is 0 Å². The molecule has 2 aliphatic rings. The van der Waals surface area contributed by atoms with Crippen LogP contribution in [-0.2, 0) is 21.0 Å². The van der Waals surface area contributed by atoms with Gasteiger partial charge in [-0.15, -0.1) is 0 Å². The molecule has 1 fully saturated rings. The van der Waals surface area contributed by atoms with Gasteiger partial charge in [-0.1, -0.05) is 0 Å². The van der Waals surface area contributed by atoms with Gasteiger partial charge in [0, 0.05) is 12.8 Å². The lowest BCUT2D eigenvalue weighted by Crippen LogP contribution is -2.26. The highest BCUT2D eigenvalue weighted by Gasteiger charge is 2.54. The van der Waals surface area contributed by atoms with Crippen molar-refractivity contribution in [2.45, 2.75) is 41.9 Å². The van der Waals surface area contributed by atoms with Gasteiger partial charge in [0.25, 0.3) is 6.43 Å². The van der Waals surface area contributed by atoms with Gasteiger partial charge in [-0.2, -0.15) is 8.78 Å². The van der Waals surface area contributed by atoms with Crippen molar-refractivity contribution in [2.24, 2.45) is 0 Å². The zero-order valence-corrected chi connectivity index (χ0v) is 12.7. The summed E-state index contributed by atoms with van der Waals surface area (Å²) in [6, 6.07) is 1.96. The molecule has 2 aliphatic heterocycles. The quantitative estimate of drug-likeness (QED) is 0.783. The first-order chi connectivity index (χ1) is 10.7. The van der Waals surface area contributed by atoms with E-state index in [1.807, 2.05) is 0 Å². The lowest BCUT2D eigenvalue weighted by Gasteiger charge is -2.25. The third-order valence-corrected chi connectivity index (χ3v) is 5.91. The Morgan fingerprint density at radius 2 is 1.87 bits per heavy atom. The summed E-state index contributed by atoms with van der Waals surface area (Å²) < 4.78 is 88.2. The van der Waals surface area contributed by atoms with Crippen LogP contribution in [0.1, 0.15) is 30.4 Å². The van der Waals surface area contributed by atoms with Crippen molar-refractivity contribution in [2.75, 3.05) is 13.2 Å². The van der Waals surface area contributed by atoms with Crippen LogP contribution in [0.15, 0.2) is 17.0 Å². The number of hydrogen-bond acceptors (Lipinski definition) is 4. The van der Waals surface area contributed by atoms with E-state index in [-0.39, 0.29) is 11.9 Å². The minimum atomic E-state index is -4.93. The Kier molecular flexibility index (Phi) is 4.04. The number of hydrogen-bond donors (Lipinski definition) is 0. The molecule has 4 nitrogen and oxygen atoms in total. The van der Waals surface area contributed by atoms with E-state index in [0.717, 1.165) is 12.1 Å². The van der Waals surface area contributed by atoms with E-state index < -0.39 is 44.0 Å². The molecule has 0 aliphatic carbocycles. The molecule has 0 spiro atoms. The Balaban J connectivity index is 2.04. The van der Waals surface area contributed by atoms with Crippen LogP contribution < -0.4 is 4.74 Å². The predicted molar refractivity (Wildman–Crippen MR) is 71.7 cm³/mol. The SMILES string of the molecule is O=S1(=O)c2ccc(OC3CCOCC3)c(C(F)F)c2CC1(F)F. The molecule has 0 radical (unpaired) electrons. The zero-order chi connectivity index (χ0) is 16.8. The molecular formula is C14H14F4O4S. The molecule has 0 amide bonds. The van der Waals surface area contributed by atoms with Crippen LogP contribution in [0.5, 0.6) is 5.75 Å². The van der Waals surface area contributed by atoms with Crippen LogP contribution >= 0.6 is 0 Å². The topological polar surface area (TPSA) is 52.6 Å². The summed E-state index contributed by atoms with van der Waals surface area (Å²) >= 11 is 0. The van der Waals surface area contributed by atoms with Crippen LogP contribution in [0.2, 0.25) is 0 Å². The van der Waals surface area contributed by atoms with Crippen molar-refractivity contribution in [3.05, 3.63) is 23.3 Å². The maximum Gasteiger partial charge on any atom is 0.354 e. The van der Waals surface area contributed by atoms with Gasteiger partial charge >= 0.3 is 5.25 Å². The molecule has 0 bridgehead atoms. The molecule has 9 heteroatoms. The normalized spacial score (nSPS) is 23.0. The van der Waals surface area contributed by atoms with E-state index in [2.05, 4.69) is 0 Å². The number of rotatable bonds is 3. The van der Waals surface area contributed by atoms with Crippen molar-refractivity contribution in [3.8, 4) is 5.75 Å². The van der Waals surface area contributed by atoms with Crippen LogP contribution in [0.3, 0.4) is 0 Å². The van der Waals surface area contributed by atoms with Crippen LogP contribution in [0.25, 0.3) is 0 Å². The summed E-state index contributed by atoms with van der Waals surface area (Å²) in [5, 5.41) is -4.07. The largest absolute Gasteiger partial charge is 0.490 e. The second kappa shape index (κ2) is 5.62. The lowest BCUT2D eigenvalue weighted by atomic mass is 10.0. The second-order valence-electron chi connectivity index (χ2n) is 5.50. The molecule has 1 aromatic carbocycles. The van der Waals surface area contributed by atoms with Crippen LogP contribution in [-0.4, -0.2) is 33.0 Å². The number of benzene rings is 1. The highest BCUT2D eigenvalue weighted by Crippen LogP contribution is 2.47. The molecule has 0 N–H and O–H groups in total. The predicted octanol–water partition coefficient (Wildman–Crippen LogP) is 3.10. The fourth-order valence-corrected chi connectivity index (χ4v) is 4.24. The second-order valence-corrected chi connectivity index (χ2v) is 7.55. The Bertz CT molecular complexity index is 712. The van der Waals surface area contributed by atoms with Crippen molar-refractivity contribution < 1.29 is 35.5 Å². The fraction of sp³-hybridized carbons (Fsp3) is 0.571. The van der Waals surface area contributed by atoms with Gasteiger partial charge in [0.1, 0.15) is 11.9 Å². The van der Waals surface area contributed by atoms with Gasteiger partial charge in [0.05, 0.1) is 30.1 Å². The summed E-state index contributed by atoms with van der Waals surface area (Å²) in [5.41, 5.74) is -1.30. The van der Waals surface area contributed by atoms with E-state index in [1.165, 1.54) is 0 Å². The Morgan fingerprint density at radius 1 is 1.22 bits per heavy atom. The van der Waals surface area contributed by atoms with E-state index in [1.54, 1.807) is 0 Å². The van der Waals surface area contributed by atoms with E-state index >= 15 is 0 Å². The number of ether oxygens (including phenoxy) is 2. The molecule has 0 aromatic heterocycles. The molecule has 1 aromatic rings. The Hall–Kier alpha value is -1.35. The zero-order valence-electron chi connectivity index (χ0n) is 11.9. The first-order valence-electron chi connectivity index (χ1n) is 7.05. The smallest absolute Gasteiger partial charge is 0.354 e. The highest BCUT2D eigenvalue weighted by molar-refractivity contribution is 7.92. The van der Waals surface area contributed by atoms with E-state index in [9.17, 15) is 26.0 Å². The summed E-state index contributed by atoms with van der Waals surface area (Å²) in [6.45, 7) is 0.845. The lowest BCUT2D eigenvalue weighted by molar-refractivity contribution is 0.0233. The monoisotopic (exact) mass is 354 g/mol. The average Bonchev–Trinajstić information content (AvgIpc) is 2.65. The first-order valence-corrected chi connectivity index (χ1v) is 8.53. The third kappa shape index (κ3) is 2.69. The summed E-state index contributed by atoms with van der Waals surface area (Å²) in [6.07, 6.45) is -3.74.